The van der Waals surface area contributed by atoms with Crippen molar-refractivity contribution in [3.8, 4) is 11.8 Å². The molecule has 2 aromatic rings. The Morgan fingerprint density at radius 3 is 3.00 bits per heavy atom. The summed E-state index contributed by atoms with van der Waals surface area (Å²) in [6.45, 7) is 0. The van der Waals surface area contributed by atoms with Crippen LogP contribution >= 0.6 is 0 Å². The van der Waals surface area contributed by atoms with E-state index in [-0.39, 0.29) is 5.56 Å². The molecule has 92 valence electrons. The number of rotatable bonds is 1. The molecular formula is C16H10O3. The van der Waals surface area contributed by atoms with Crippen LogP contribution in [0.25, 0.3) is 17.0 Å². The molecule has 0 aliphatic heterocycles. The van der Waals surface area contributed by atoms with Gasteiger partial charge in [0.15, 0.2) is 6.29 Å². The van der Waals surface area contributed by atoms with Crippen molar-refractivity contribution in [3.05, 3.63) is 51.4 Å². The Balaban J connectivity index is 2.33. The zero-order chi connectivity index (χ0) is 13.2. The van der Waals surface area contributed by atoms with Crippen molar-refractivity contribution in [2.45, 2.75) is 12.8 Å². The van der Waals surface area contributed by atoms with E-state index in [0.717, 1.165) is 29.4 Å². The second kappa shape index (κ2) is 4.58. The molecule has 0 saturated carbocycles. The molecule has 0 radical (unpaired) electrons. The maximum atomic E-state index is 11.5. The highest BCUT2D eigenvalue weighted by Gasteiger charge is 2.08. The van der Waals surface area contributed by atoms with Crippen LogP contribution in [0, 0.1) is 11.8 Å². The highest BCUT2D eigenvalue weighted by atomic mass is 16.4. The summed E-state index contributed by atoms with van der Waals surface area (Å²) in [5, 5.41) is 0.729. The highest BCUT2D eigenvalue weighted by Crippen LogP contribution is 2.21. The van der Waals surface area contributed by atoms with Crippen molar-refractivity contribution in [1.82, 2.24) is 0 Å². The molecule has 1 aromatic heterocycles. The maximum absolute atomic E-state index is 11.5. The molecule has 1 aromatic carbocycles. The largest absolute Gasteiger partial charge is 0.422 e. The first-order chi connectivity index (χ1) is 9.28. The number of carbonyl (C=O) groups is 1. The molecule has 0 spiro atoms. The minimum absolute atomic E-state index is 0.0355. The van der Waals surface area contributed by atoms with Crippen molar-refractivity contribution in [2.75, 3.05) is 0 Å². The van der Waals surface area contributed by atoms with Gasteiger partial charge in [-0.1, -0.05) is 24.0 Å². The van der Waals surface area contributed by atoms with Gasteiger partial charge in [-0.25, -0.2) is 4.79 Å². The van der Waals surface area contributed by atoms with Gasteiger partial charge >= 0.3 is 5.63 Å². The van der Waals surface area contributed by atoms with Crippen LogP contribution in [-0.4, -0.2) is 6.29 Å². The second-order valence-electron chi connectivity index (χ2n) is 4.33. The van der Waals surface area contributed by atoms with E-state index in [1.807, 2.05) is 12.1 Å². The Labute approximate surface area is 109 Å². The summed E-state index contributed by atoms with van der Waals surface area (Å²) in [6.07, 6.45) is 6.33. The van der Waals surface area contributed by atoms with Gasteiger partial charge in [0.25, 0.3) is 0 Å². The van der Waals surface area contributed by atoms with E-state index in [1.165, 1.54) is 0 Å². The lowest BCUT2D eigenvalue weighted by Crippen LogP contribution is -2.05. The molecule has 19 heavy (non-hydrogen) atoms. The standard InChI is InChI=1S/C16H10O3/c17-10-14-8-13-7-11-5-3-1-2-4-6-12(11)9-15(13)19-16(14)18/h3,5,7-10H,1-2H2. The normalized spacial score (nSPS) is 13.1. The van der Waals surface area contributed by atoms with E-state index in [4.69, 9.17) is 4.42 Å². The van der Waals surface area contributed by atoms with Gasteiger partial charge in [-0.3, -0.25) is 4.79 Å². The number of benzene rings is 1. The first-order valence-electron chi connectivity index (χ1n) is 6.00. The van der Waals surface area contributed by atoms with Crippen LogP contribution in [-0.2, 0) is 0 Å². The van der Waals surface area contributed by atoms with Gasteiger partial charge in [-0.15, -0.1) is 0 Å². The molecule has 3 heteroatoms. The molecule has 3 rings (SSSR count). The number of allylic oxidation sites excluding steroid dienone is 1. The van der Waals surface area contributed by atoms with Crippen LogP contribution < -0.4 is 5.63 Å². The van der Waals surface area contributed by atoms with Gasteiger partial charge in [0.05, 0.1) is 0 Å². The van der Waals surface area contributed by atoms with Gasteiger partial charge < -0.3 is 4.42 Å². The summed E-state index contributed by atoms with van der Waals surface area (Å²) < 4.78 is 5.14. The molecule has 0 atom stereocenters. The van der Waals surface area contributed by atoms with Gasteiger partial charge in [0.2, 0.25) is 0 Å². The number of aldehydes is 1. The second-order valence-corrected chi connectivity index (χ2v) is 4.33. The lowest BCUT2D eigenvalue weighted by atomic mass is 10.0. The van der Waals surface area contributed by atoms with Gasteiger partial charge in [-0.2, -0.15) is 0 Å². The average molecular weight is 250 g/mol. The molecule has 0 bridgehead atoms. The van der Waals surface area contributed by atoms with Crippen LogP contribution in [0.15, 0.2) is 33.5 Å². The molecule has 1 aliphatic carbocycles. The van der Waals surface area contributed by atoms with Gasteiger partial charge in [0.1, 0.15) is 11.1 Å². The van der Waals surface area contributed by atoms with Crippen molar-refractivity contribution in [3.63, 3.8) is 0 Å². The van der Waals surface area contributed by atoms with E-state index in [2.05, 4.69) is 17.9 Å². The summed E-state index contributed by atoms with van der Waals surface area (Å²) in [5.74, 6) is 6.14. The number of fused-ring (bicyclic) bond motifs is 2. The van der Waals surface area contributed by atoms with E-state index in [1.54, 1.807) is 12.1 Å². The predicted molar refractivity (Wildman–Crippen MR) is 73.0 cm³/mol. The van der Waals surface area contributed by atoms with Crippen molar-refractivity contribution in [1.29, 1.82) is 0 Å². The molecule has 0 unspecified atom stereocenters. The van der Waals surface area contributed by atoms with Crippen molar-refractivity contribution < 1.29 is 9.21 Å². The Kier molecular flexibility index (Phi) is 2.77. The van der Waals surface area contributed by atoms with Crippen LogP contribution in [0.3, 0.4) is 0 Å². The van der Waals surface area contributed by atoms with Crippen LogP contribution in [0.1, 0.15) is 34.3 Å². The number of hydrogen-bond donors (Lipinski definition) is 0. The van der Waals surface area contributed by atoms with Gasteiger partial charge in [-0.05, 0) is 30.2 Å². The highest BCUT2D eigenvalue weighted by molar-refractivity contribution is 5.87. The van der Waals surface area contributed by atoms with E-state index >= 15 is 0 Å². The summed E-state index contributed by atoms with van der Waals surface area (Å²) in [4.78, 5) is 22.3. The molecule has 1 heterocycles. The van der Waals surface area contributed by atoms with Crippen LogP contribution in [0.5, 0.6) is 0 Å². The lowest BCUT2D eigenvalue weighted by Gasteiger charge is -2.04. The fourth-order valence-corrected chi connectivity index (χ4v) is 2.05. The minimum atomic E-state index is -0.614. The Bertz CT molecular complexity index is 813. The number of carbonyl (C=O) groups excluding carboxylic acids is 1. The van der Waals surface area contributed by atoms with E-state index < -0.39 is 5.63 Å². The quantitative estimate of drug-likeness (QED) is 0.444. The molecule has 0 fully saturated rings. The van der Waals surface area contributed by atoms with E-state index in [9.17, 15) is 9.59 Å². The fraction of sp³-hybridized carbons (Fsp3) is 0.125. The number of hydrogen-bond acceptors (Lipinski definition) is 3. The molecule has 3 nitrogen and oxygen atoms in total. The van der Waals surface area contributed by atoms with Crippen LogP contribution in [0.2, 0.25) is 0 Å². The topological polar surface area (TPSA) is 47.3 Å². The third-order valence-corrected chi connectivity index (χ3v) is 3.01. The monoisotopic (exact) mass is 250 g/mol. The Morgan fingerprint density at radius 2 is 2.16 bits per heavy atom. The summed E-state index contributed by atoms with van der Waals surface area (Å²) in [6, 6.07) is 5.19. The smallest absolute Gasteiger partial charge is 0.346 e. The Morgan fingerprint density at radius 1 is 1.26 bits per heavy atom. The van der Waals surface area contributed by atoms with E-state index in [0.29, 0.717) is 11.9 Å². The summed E-state index contributed by atoms with van der Waals surface area (Å²) in [5.41, 5.74) is 1.69. The molecular weight excluding hydrogens is 240 g/mol. The first-order valence-corrected chi connectivity index (χ1v) is 6.00. The summed E-state index contributed by atoms with van der Waals surface area (Å²) in [7, 11) is 0. The van der Waals surface area contributed by atoms with Crippen molar-refractivity contribution >= 4 is 23.3 Å². The molecule has 0 amide bonds. The predicted octanol–water partition coefficient (Wildman–Crippen LogP) is 2.76. The minimum Gasteiger partial charge on any atom is -0.422 e. The van der Waals surface area contributed by atoms with Crippen LogP contribution in [0.4, 0.5) is 0 Å². The van der Waals surface area contributed by atoms with Gasteiger partial charge in [0, 0.05) is 17.4 Å². The average Bonchev–Trinajstić information content (AvgIpc) is 2.38. The summed E-state index contributed by atoms with van der Waals surface area (Å²) >= 11 is 0. The molecule has 1 aliphatic rings. The molecule has 0 N–H and O–H groups in total. The third kappa shape index (κ3) is 2.09. The third-order valence-electron chi connectivity index (χ3n) is 3.01. The molecule has 0 saturated heterocycles. The SMILES string of the molecule is O=Cc1cc2cc3c(cc2oc1=O)C#CCCC=C3. The lowest BCUT2D eigenvalue weighted by molar-refractivity contribution is 0.112. The maximum Gasteiger partial charge on any atom is 0.346 e. The fourth-order valence-electron chi connectivity index (χ4n) is 2.05. The zero-order valence-corrected chi connectivity index (χ0v) is 10.1. The van der Waals surface area contributed by atoms with Crippen molar-refractivity contribution in [2.24, 2.45) is 0 Å². The first kappa shape index (κ1) is 11.5. The zero-order valence-electron chi connectivity index (χ0n) is 10.1. The Hall–Kier alpha value is -2.60.